The van der Waals surface area contributed by atoms with Gasteiger partial charge in [-0.2, -0.15) is 4.31 Å². The van der Waals surface area contributed by atoms with Gasteiger partial charge in [-0.05, 0) is 116 Å². The Kier molecular flexibility index (Phi) is 18.3. The predicted octanol–water partition coefficient (Wildman–Crippen LogP) is 11.0. The second-order valence-electron chi connectivity index (χ2n) is 18.9. The Bertz CT molecular complexity index is 1940. The zero-order valence-corrected chi connectivity index (χ0v) is 40.4. The fourth-order valence-corrected chi connectivity index (χ4v) is 11.6. The Balaban J connectivity index is 1.31. The van der Waals surface area contributed by atoms with Crippen LogP contribution in [0.1, 0.15) is 103 Å². The molecule has 0 spiro atoms. The topological polar surface area (TPSA) is 104 Å². The molecule has 5 rings (SSSR count). The van der Waals surface area contributed by atoms with Crippen LogP contribution in [0.3, 0.4) is 0 Å². The van der Waals surface area contributed by atoms with Crippen molar-refractivity contribution in [3.8, 4) is 11.5 Å². The summed E-state index contributed by atoms with van der Waals surface area (Å²) in [5.74, 6) is 1.05. The summed E-state index contributed by atoms with van der Waals surface area (Å²) < 4.78 is 53.7. The minimum Gasteiger partial charge on any atom is -0.497 e. The first-order valence-electron chi connectivity index (χ1n) is 22.7. The van der Waals surface area contributed by atoms with Crippen LogP contribution < -0.4 is 9.47 Å². The first-order chi connectivity index (χ1) is 29.6. The van der Waals surface area contributed by atoms with Crippen molar-refractivity contribution in [2.45, 2.75) is 134 Å². The molecule has 342 valence electrons. The third-order valence-electron chi connectivity index (χ3n) is 13.5. The van der Waals surface area contributed by atoms with Gasteiger partial charge in [-0.15, -0.1) is 6.58 Å². The number of methoxy groups -OCH3 is 2. The van der Waals surface area contributed by atoms with Gasteiger partial charge < -0.3 is 18.6 Å². The SMILES string of the molecule is C=CCCN(CC[C@H]1C(O[Si](C)(C)C(C)(C)C)C[C@]2(CCCCCCCCOCc3ccc(OC)cc3)C[C@@H]1C(=O)N(OCc1ccc(OC)cc1)C2)S(=O)(=O)c1ccccc1. The van der Waals surface area contributed by atoms with Crippen LogP contribution >= 0.6 is 0 Å². The van der Waals surface area contributed by atoms with Gasteiger partial charge in [0.1, 0.15) is 18.1 Å². The van der Waals surface area contributed by atoms with Crippen LogP contribution in [0.5, 0.6) is 11.5 Å². The van der Waals surface area contributed by atoms with Crippen LogP contribution in [0.2, 0.25) is 18.1 Å². The molecule has 12 heteroatoms. The number of rotatable bonds is 26. The molecule has 1 heterocycles. The zero-order chi connectivity index (χ0) is 44.8. The highest BCUT2D eigenvalue weighted by molar-refractivity contribution is 7.89. The Hall–Kier alpha value is -3.52. The number of unbranched alkanes of at least 4 members (excludes halogenated alkanes) is 5. The largest absolute Gasteiger partial charge is 0.497 e. The van der Waals surface area contributed by atoms with Gasteiger partial charge in [0, 0.05) is 31.7 Å². The van der Waals surface area contributed by atoms with E-state index in [9.17, 15) is 13.2 Å². The number of piperidine rings is 1. The summed E-state index contributed by atoms with van der Waals surface area (Å²) >= 11 is 0. The first-order valence-corrected chi connectivity index (χ1v) is 27.1. The molecular weight excluding hydrogens is 817 g/mol. The van der Waals surface area contributed by atoms with E-state index in [1.807, 2.05) is 54.6 Å². The van der Waals surface area contributed by atoms with Crippen LogP contribution in [-0.4, -0.2) is 78.6 Å². The van der Waals surface area contributed by atoms with Gasteiger partial charge in [0.25, 0.3) is 0 Å². The van der Waals surface area contributed by atoms with E-state index in [0.29, 0.717) is 32.5 Å². The van der Waals surface area contributed by atoms with Gasteiger partial charge in [0.2, 0.25) is 15.9 Å². The zero-order valence-electron chi connectivity index (χ0n) is 38.6. The summed E-state index contributed by atoms with van der Waals surface area (Å²) in [4.78, 5) is 21.5. The molecule has 1 aliphatic carbocycles. The average molecular weight is 891 g/mol. The molecule has 1 saturated heterocycles. The number of sulfonamides is 1. The van der Waals surface area contributed by atoms with Crippen molar-refractivity contribution < 1.29 is 36.7 Å². The Morgan fingerprint density at radius 3 is 2.02 bits per heavy atom. The summed E-state index contributed by atoms with van der Waals surface area (Å²) in [6.07, 6.45) is 11.8. The second-order valence-corrected chi connectivity index (χ2v) is 25.6. The van der Waals surface area contributed by atoms with Gasteiger partial charge >= 0.3 is 0 Å². The van der Waals surface area contributed by atoms with Crippen molar-refractivity contribution in [2.75, 3.05) is 40.5 Å². The van der Waals surface area contributed by atoms with Gasteiger partial charge in [-0.1, -0.05) is 101 Å². The molecule has 2 aliphatic rings. The maximum Gasteiger partial charge on any atom is 0.249 e. The quantitative estimate of drug-likeness (QED) is 0.0446. The number of ether oxygens (including phenoxy) is 3. The van der Waals surface area contributed by atoms with E-state index in [1.165, 1.54) is 0 Å². The highest BCUT2D eigenvalue weighted by Gasteiger charge is 2.56. The van der Waals surface area contributed by atoms with Crippen LogP contribution in [0.15, 0.2) is 96.4 Å². The van der Waals surface area contributed by atoms with Crippen LogP contribution in [0.4, 0.5) is 0 Å². The maximum absolute atomic E-state index is 14.8. The van der Waals surface area contributed by atoms with Crippen molar-refractivity contribution in [3.63, 3.8) is 0 Å². The van der Waals surface area contributed by atoms with Crippen LogP contribution in [-0.2, 0) is 42.0 Å². The number of hydroxylamine groups is 2. The van der Waals surface area contributed by atoms with Crippen molar-refractivity contribution in [2.24, 2.45) is 17.3 Å². The Labute approximate surface area is 374 Å². The highest BCUT2D eigenvalue weighted by Crippen LogP contribution is 2.54. The number of carbonyl (C=O) groups excluding carboxylic acids is 1. The Morgan fingerprint density at radius 2 is 1.42 bits per heavy atom. The molecule has 1 saturated carbocycles. The minimum atomic E-state index is -3.78. The lowest BCUT2D eigenvalue weighted by atomic mass is 9.59. The van der Waals surface area contributed by atoms with E-state index in [1.54, 1.807) is 53.9 Å². The molecule has 0 radical (unpaired) electrons. The smallest absolute Gasteiger partial charge is 0.249 e. The van der Waals surface area contributed by atoms with Crippen molar-refractivity contribution in [1.82, 2.24) is 9.37 Å². The molecule has 2 bridgehead atoms. The third kappa shape index (κ3) is 13.5. The second kappa shape index (κ2) is 22.9. The number of amides is 1. The molecule has 3 aromatic rings. The van der Waals surface area contributed by atoms with Gasteiger partial charge in [-0.25, -0.2) is 13.5 Å². The van der Waals surface area contributed by atoms with Crippen LogP contribution in [0.25, 0.3) is 0 Å². The van der Waals surface area contributed by atoms with Crippen LogP contribution in [0, 0.1) is 17.3 Å². The van der Waals surface area contributed by atoms with E-state index >= 15 is 0 Å². The third-order valence-corrected chi connectivity index (χ3v) is 19.9. The molecule has 3 aromatic carbocycles. The highest BCUT2D eigenvalue weighted by atomic mass is 32.2. The normalized spacial score (nSPS) is 20.7. The van der Waals surface area contributed by atoms with E-state index < -0.39 is 18.3 Å². The molecular formula is C50H74N2O8SSi. The molecule has 0 N–H and O–H groups in total. The fraction of sp³-hybridized carbons (Fsp3) is 0.580. The van der Waals surface area contributed by atoms with E-state index in [0.717, 1.165) is 87.0 Å². The van der Waals surface area contributed by atoms with Gasteiger partial charge in [-0.3, -0.25) is 9.63 Å². The average Bonchev–Trinajstić information content (AvgIpc) is 3.25. The number of hydrogen-bond donors (Lipinski definition) is 0. The number of nitrogens with zero attached hydrogens (tertiary/aromatic N) is 2. The molecule has 4 atom stereocenters. The lowest BCUT2D eigenvalue weighted by Gasteiger charge is -2.56. The molecule has 1 unspecified atom stereocenters. The van der Waals surface area contributed by atoms with Crippen molar-refractivity contribution in [1.29, 1.82) is 0 Å². The van der Waals surface area contributed by atoms with E-state index in [4.69, 9.17) is 23.5 Å². The summed E-state index contributed by atoms with van der Waals surface area (Å²) in [6, 6.07) is 24.4. The maximum atomic E-state index is 14.8. The number of benzene rings is 3. The fourth-order valence-electron chi connectivity index (χ4n) is 8.79. The summed E-state index contributed by atoms with van der Waals surface area (Å²) in [6.45, 7) is 18.0. The number of carbonyl (C=O) groups is 1. The predicted molar refractivity (Wildman–Crippen MR) is 250 cm³/mol. The summed E-state index contributed by atoms with van der Waals surface area (Å²) in [7, 11) is -2.76. The minimum absolute atomic E-state index is 0.0274. The van der Waals surface area contributed by atoms with Crippen molar-refractivity contribution >= 4 is 24.2 Å². The molecule has 62 heavy (non-hydrogen) atoms. The van der Waals surface area contributed by atoms with Gasteiger partial charge in [0.05, 0.1) is 32.3 Å². The van der Waals surface area contributed by atoms with Gasteiger partial charge in [0.15, 0.2) is 8.32 Å². The molecule has 0 aromatic heterocycles. The van der Waals surface area contributed by atoms with Crippen molar-refractivity contribution in [3.05, 3.63) is 103 Å². The lowest BCUT2D eigenvalue weighted by Crippen LogP contribution is -2.61. The lowest BCUT2D eigenvalue weighted by molar-refractivity contribution is -0.232. The molecule has 2 fully saturated rings. The number of fused-ring (bicyclic) bond motifs is 2. The monoisotopic (exact) mass is 890 g/mol. The number of hydrogen-bond acceptors (Lipinski definition) is 8. The van der Waals surface area contributed by atoms with E-state index in [2.05, 4.69) is 40.4 Å². The van der Waals surface area contributed by atoms with E-state index in [-0.39, 0.29) is 52.3 Å². The Morgan fingerprint density at radius 1 is 0.823 bits per heavy atom. The standard InChI is InChI=1S/C50H74N2O8SSi/c1-9-10-32-51(61(54,55)44-20-16-15-17-21-44)33-30-45-46-35-50(36-47(45)60-62(7,8)49(2,3)4,39-52(48(46)53)59-38-41-24-28-43(57-6)29-25-41)31-18-13-11-12-14-19-34-58-37-40-22-26-42(56-5)27-23-40/h9,15-17,20-29,45-47H,1,10-14,18-19,30-39H2,2-8H3/t45-,46+,47?,50+/m1/s1. The summed E-state index contributed by atoms with van der Waals surface area (Å²) in [5, 5.41) is 1.61. The molecule has 10 nitrogen and oxygen atoms in total. The molecule has 1 aliphatic heterocycles. The first kappa shape index (κ1) is 49.5. The summed E-state index contributed by atoms with van der Waals surface area (Å²) in [5.41, 5.74) is 1.92. The molecule has 1 amide bonds.